The van der Waals surface area contributed by atoms with Crippen molar-refractivity contribution in [1.29, 1.82) is 0 Å². The minimum atomic E-state index is -1.41. The Morgan fingerprint density at radius 1 is 0.977 bits per heavy atom. The van der Waals surface area contributed by atoms with Gasteiger partial charge in [-0.1, -0.05) is 27.7 Å². The number of rotatable bonds is 18. The second kappa shape index (κ2) is 18.7. The smallest absolute Gasteiger partial charge is 0.254 e. The molecule has 44 heavy (non-hydrogen) atoms. The van der Waals surface area contributed by atoms with Crippen LogP contribution in [-0.4, -0.2) is 84.2 Å². The fourth-order valence-corrected chi connectivity index (χ4v) is 5.91. The lowest BCUT2D eigenvalue weighted by molar-refractivity contribution is -0.123. The maximum atomic E-state index is 14.3. The summed E-state index contributed by atoms with van der Waals surface area (Å²) in [6.45, 7) is 10.9. The number of aryl methyl sites for hydroxylation is 1. The van der Waals surface area contributed by atoms with Crippen molar-refractivity contribution in [3.63, 3.8) is 0 Å². The molecule has 3 atom stereocenters. The zero-order valence-electron chi connectivity index (χ0n) is 26.6. The van der Waals surface area contributed by atoms with E-state index in [1.807, 2.05) is 27.7 Å². The van der Waals surface area contributed by atoms with Gasteiger partial charge in [-0.3, -0.25) is 14.4 Å². The third kappa shape index (κ3) is 11.5. The van der Waals surface area contributed by atoms with Crippen molar-refractivity contribution in [1.82, 2.24) is 15.5 Å². The van der Waals surface area contributed by atoms with Crippen molar-refractivity contribution in [2.75, 3.05) is 39.1 Å². The van der Waals surface area contributed by atoms with Gasteiger partial charge in [-0.05, 0) is 73.6 Å². The summed E-state index contributed by atoms with van der Waals surface area (Å²) in [5.74, 6) is -2.21. The normalized spacial score (nSPS) is 13.3. The van der Waals surface area contributed by atoms with E-state index in [0.29, 0.717) is 43.0 Å². The Bertz CT molecular complexity index is 1230. The fraction of sp³-hybridized carbons (Fsp3) is 0.545. The quantitative estimate of drug-likeness (QED) is 0.204. The summed E-state index contributed by atoms with van der Waals surface area (Å²) < 4.78 is 33.7. The molecular weight excluding hydrogens is 588 g/mol. The number of nitrogens with one attached hydrogen (secondary N) is 2. The molecule has 0 heterocycles. The van der Waals surface area contributed by atoms with Gasteiger partial charge in [-0.2, -0.15) is 0 Å². The number of carbonyl (C=O) groups excluding carboxylic acids is 3. The number of aliphatic hydroxyl groups is 1. The Balaban J connectivity index is 2.62. The lowest BCUT2D eigenvalue weighted by Crippen LogP contribution is -2.55. The summed E-state index contributed by atoms with van der Waals surface area (Å²) in [6, 6.07) is 6.89. The van der Waals surface area contributed by atoms with E-state index in [-0.39, 0.29) is 35.9 Å². The van der Waals surface area contributed by atoms with Crippen molar-refractivity contribution in [3.05, 3.63) is 70.3 Å². The van der Waals surface area contributed by atoms with E-state index in [1.165, 1.54) is 29.8 Å². The van der Waals surface area contributed by atoms with Crippen molar-refractivity contribution in [3.8, 4) is 0 Å². The number of hydrogen-bond donors (Lipinski definition) is 3. The summed E-state index contributed by atoms with van der Waals surface area (Å²) >= 11 is 1.19. The highest BCUT2D eigenvalue weighted by molar-refractivity contribution is 8.00. The minimum absolute atomic E-state index is 0.115. The van der Waals surface area contributed by atoms with Gasteiger partial charge in [0, 0.05) is 49.7 Å². The molecule has 0 saturated carbocycles. The molecule has 2 aromatic rings. The Kier molecular flexibility index (Phi) is 15.8. The lowest BCUT2D eigenvalue weighted by Gasteiger charge is -2.38. The molecule has 0 aliphatic heterocycles. The molecule has 0 aromatic heterocycles. The average Bonchev–Trinajstić information content (AvgIpc) is 2.97. The molecule has 0 radical (unpaired) electrons. The second-order valence-corrected chi connectivity index (χ2v) is 12.6. The SMILES string of the molecule is CCCNC(=O)c1cc(C)cc(C(=O)N(CCC)C(Cc2cc(F)cc(F)c2)C(O)C(SCCOC)C(=O)NCC(C)C)c1. The summed E-state index contributed by atoms with van der Waals surface area (Å²) in [6.07, 6.45) is -0.274. The molecule has 0 bridgehead atoms. The van der Waals surface area contributed by atoms with E-state index < -0.39 is 40.8 Å². The maximum absolute atomic E-state index is 14.3. The van der Waals surface area contributed by atoms with E-state index in [9.17, 15) is 28.3 Å². The van der Waals surface area contributed by atoms with Crippen LogP contribution in [0.25, 0.3) is 0 Å². The number of amides is 3. The van der Waals surface area contributed by atoms with Crippen molar-refractivity contribution < 1.29 is 33.0 Å². The topological polar surface area (TPSA) is 108 Å². The van der Waals surface area contributed by atoms with Crippen LogP contribution in [0.3, 0.4) is 0 Å². The number of nitrogens with zero attached hydrogens (tertiary/aromatic N) is 1. The van der Waals surface area contributed by atoms with Crippen LogP contribution in [0, 0.1) is 24.5 Å². The standard InChI is InChI=1S/C33H47F2N3O5S/c1-7-9-36-31(40)24-13-22(5)14-25(18-24)33(42)38(10-8-2)28(17-23-15-26(34)19-27(35)16-23)29(39)30(44-12-11-43-6)32(41)37-20-21(3)4/h13-16,18-19,21,28-30,39H,7-12,17,20H2,1-6H3,(H,36,40)(H,37,41). The van der Waals surface area contributed by atoms with Crippen LogP contribution in [0.2, 0.25) is 0 Å². The number of carbonyl (C=O) groups is 3. The molecule has 2 rings (SSSR count). The molecule has 244 valence electrons. The molecule has 11 heteroatoms. The van der Waals surface area contributed by atoms with Gasteiger partial charge in [0.1, 0.15) is 16.9 Å². The van der Waals surface area contributed by atoms with E-state index >= 15 is 0 Å². The molecule has 0 aliphatic rings. The predicted molar refractivity (Wildman–Crippen MR) is 171 cm³/mol. The van der Waals surface area contributed by atoms with Crippen molar-refractivity contribution in [2.24, 2.45) is 5.92 Å². The Hall–Kier alpha value is -3.02. The van der Waals surface area contributed by atoms with Gasteiger partial charge in [-0.25, -0.2) is 8.78 Å². The number of ether oxygens (including phenoxy) is 1. The van der Waals surface area contributed by atoms with E-state index in [1.54, 1.807) is 19.1 Å². The molecule has 3 N–H and O–H groups in total. The summed E-state index contributed by atoms with van der Waals surface area (Å²) in [4.78, 5) is 41.9. The van der Waals surface area contributed by atoms with Gasteiger partial charge in [0.15, 0.2) is 0 Å². The van der Waals surface area contributed by atoms with Gasteiger partial charge in [0.05, 0.1) is 18.8 Å². The molecule has 3 unspecified atom stereocenters. The Morgan fingerprint density at radius 2 is 1.64 bits per heavy atom. The molecule has 0 spiro atoms. The van der Waals surface area contributed by atoms with Crippen LogP contribution in [0.4, 0.5) is 8.78 Å². The van der Waals surface area contributed by atoms with E-state index in [2.05, 4.69) is 10.6 Å². The zero-order chi connectivity index (χ0) is 32.8. The third-order valence-corrected chi connectivity index (χ3v) is 8.10. The van der Waals surface area contributed by atoms with Gasteiger partial charge >= 0.3 is 0 Å². The first-order valence-electron chi connectivity index (χ1n) is 15.1. The highest BCUT2D eigenvalue weighted by Gasteiger charge is 2.38. The number of halogens is 2. The summed E-state index contributed by atoms with van der Waals surface area (Å²) in [5.41, 5.74) is 1.48. The van der Waals surface area contributed by atoms with Gasteiger partial charge < -0.3 is 25.4 Å². The van der Waals surface area contributed by atoms with Crippen LogP contribution in [0.1, 0.15) is 72.4 Å². The number of aliphatic hydroxyl groups excluding tert-OH is 1. The number of methoxy groups -OCH3 is 1. The van der Waals surface area contributed by atoms with Crippen LogP contribution in [0.15, 0.2) is 36.4 Å². The first-order valence-corrected chi connectivity index (χ1v) is 16.2. The minimum Gasteiger partial charge on any atom is -0.389 e. The lowest BCUT2D eigenvalue weighted by atomic mass is 9.95. The molecule has 0 fully saturated rings. The Labute approximate surface area is 264 Å². The number of thioether (sulfide) groups is 1. The number of benzene rings is 2. The average molecular weight is 636 g/mol. The van der Waals surface area contributed by atoms with Gasteiger partial charge in [0.2, 0.25) is 5.91 Å². The molecule has 0 saturated heterocycles. The molecule has 8 nitrogen and oxygen atoms in total. The first kappa shape index (κ1) is 37.2. The van der Waals surface area contributed by atoms with E-state index in [4.69, 9.17) is 4.74 Å². The fourth-order valence-electron chi connectivity index (χ4n) is 4.78. The molecule has 3 amide bonds. The highest BCUT2D eigenvalue weighted by Crippen LogP contribution is 2.26. The summed E-state index contributed by atoms with van der Waals surface area (Å²) in [7, 11) is 1.53. The zero-order valence-corrected chi connectivity index (χ0v) is 27.4. The summed E-state index contributed by atoms with van der Waals surface area (Å²) in [5, 5.41) is 16.6. The number of hydrogen-bond acceptors (Lipinski definition) is 6. The Morgan fingerprint density at radius 3 is 2.23 bits per heavy atom. The van der Waals surface area contributed by atoms with Crippen LogP contribution in [0.5, 0.6) is 0 Å². The van der Waals surface area contributed by atoms with Gasteiger partial charge in [0.25, 0.3) is 11.8 Å². The third-order valence-electron chi connectivity index (χ3n) is 6.85. The van der Waals surface area contributed by atoms with Crippen LogP contribution < -0.4 is 10.6 Å². The molecule has 0 aliphatic carbocycles. The predicted octanol–water partition coefficient (Wildman–Crippen LogP) is 4.76. The van der Waals surface area contributed by atoms with Crippen LogP contribution >= 0.6 is 11.8 Å². The molecule has 2 aromatic carbocycles. The van der Waals surface area contributed by atoms with Gasteiger partial charge in [-0.15, -0.1) is 11.8 Å². The monoisotopic (exact) mass is 635 g/mol. The maximum Gasteiger partial charge on any atom is 0.254 e. The highest BCUT2D eigenvalue weighted by atomic mass is 32.2. The van der Waals surface area contributed by atoms with E-state index in [0.717, 1.165) is 24.6 Å². The van der Waals surface area contributed by atoms with Crippen molar-refractivity contribution >= 4 is 29.5 Å². The second-order valence-electron chi connectivity index (χ2n) is 11.3. The largest absolute Gasteiger partial charge is 0.389 e. The first-order chi connectivity index (χ1) is 20.9. The molecular formula is C33H47F2N3O5S. The van der Waals surface area contributed by atoms with Crippen LogP contribution in [-0.2, 0) is 16.0 Å². The van der Waals surface area contributed by atoms with Crippen molar-refractivity contribution in [2.45, 2.75) is 71.3 Å².